The number of furan rings is 1. The van der Waals surface area contributed by atoms with E-state index in [1.54, 1.807) is 0 Å². The first-order valence-electron chi connectivity index (χ1n) is 26.6. The van der Waals surface area contributed by atoms with Crippen molar-refractivity contribution in [3.8, 4) is 22.3 Å². The van der Waals surface area contributed by atoms with Gasteiger partial charge in [0.05, 0.1) is 16.1 Å². The average molecular weight is 973 g/mol. The zero-order valence-electron chi connectivity index (χ0n) is 43.2. The van der Waals surface area contributed by atoms with Crippen LogP contribution in [0.15, 0.2) is 199 Å². The summed E-state index contributed by atoms with van der Waals surface area (Å²) in [7, 11) is 0. The van der Waals surface area contributed by atoms with Crippen LogP contribution < -0.4 is 20.6 Å². The number of para-hydroxylation sites is 3. The van der Waals surface area contributed by atoms with Gasteiger partial charge in [0.15, 0.2) is 0 Å². The first kappa shape index (κ1) is 43.9. The molecule has 0 N–H and O–H groups in total. The molecule has 0 unspecified atom stereocenters. The van der Waals surface area contributed by atoms with E-state index in [1.165, 1.54) is 110 Å². The Kier molecular flexibility index (Phi) is 9.05. The normalized spacial score (nSPS) is 16.4. The van der Waals surface area contributed by atoms with Gasteiger partial charge in [-0.1, -0.05) is 200 Å². The molecule has 74 heavy (non-hydrogen) atoms. The van der Waals surface area contributed by atoms with Crippen LogP contribution in [0.2, 0.25) is 0 Å². The van der Waals surface area contributed by atoms with Crippen molar-refractivity contribution in [2.75, 3.05) is 9.71 Å². The molecule has 0 fully saturated rings. The second kappa shape index (κ2) is 15.2. The maximum atomic E-state index is 7.33. The number of anilines is 5. The van der Waals surface area contributed by atoms with Gasteiger partial charge in [0.1, 0.15) is 11.2 Å². The second-order valence-electron chi connectivity index (χ2n) is 23.8. The van der Waals surface area contributed by atoms with Crippen LogP contribution in [-0.4, -0.2) is 6.85 Å². The molecule has 3 aliphatic heterocycles. The highest BCUT2D eigenvalue weighted by atomic mass is 32.1. The SMILES string of the molecule is CC(C)(C)c1ccc(N2c3cc4c(oc5ccccc54)c4c3B(c3c2sc2cc5c(cc32)C(C)(C)CCC5(C)C)N2c3ccccc3C(c3ccccc3)(c3ccccc3)c3cccc-4c32)c(-c2ccccc2)c1. The largest absolute Gasteiger partial charge is 0.455 e. The van der Waals surface area contributed by atoms with E-state index in [4.69, 9.17) is 4.42 Å². The monoisotopic (exact) mass is 972 g/mol. The highest BCUT2D eigenvalue weighted by Gasteiger charge is 2.55. The molecule has 0 spiro atoms. The average Bonchev–Trinajstić information content (AvgIpc) is 4.03. The minimum absolute atomic E-state index is 0.0179. The number of rotatable bonds is 4. The van der Waals surface area contributed by atoms with E-state index in [1.807, 2.05) is 11.3 Å². The Morgan fingerprint density at radius 2 is 1.15 bits per heavy atom. The van der Waals surface area contributed by atoms with Crippen LogP contribution in [0.25, 0.3) is 54.3 Å². The standard InChI is InChI=1S/C69H57BN2OS/c1-66(2,3)45-34-35-55(48(38-45)42-22-11-8-12-23-42)71-57-40-49-46-28-17-20-33-58(46)73-64(49)60-47-29-21-31-52-63(47)72(56-32-19-18-30-51(56)69(52,43-24-13-9-14-25-43)44-26-15-10-16-27-44)70(62(57)60)61-50-39-53-54(41-59(50)74-65(61)71)68(6,7)37-36-67(53,4)5/h8-35,38-41H,36-37H2,1-7H3. The molecule has 5 heterocycles. The summed E-state index contributed by atoms with van der Waals surface area (Å²) in [6.07, 6.45) is 2.31. The molecule has 0 saturated carbocycles. The van der Waals surface area contributed by atoms with Gasteiger partial charge in [-0.05, 0) is 132 Å². The zero-order valence-corrected chi connectivity index (χ0v) is 44.0. The van der Waals surface area contributed by atoms with Crippen molar-refractivity contribution in [2.45, 2.75) is 83.0 Å². The molecule has 15 rings (SSSR count). The summed E-state index contributed by atoms with van der Waals surface area (Å²) in [6, 6.07) is 73.8. The molecule has 3 nitrogen and oxygen atoms in total. The number of benzene rings is 9. The fraction of sp³-hybridized carbons (Fsp3) is 0.188. The Morgan fingerprint density at radius 3 is 1.86 bits per heavy atom. The van der Waals surface area contributed by atoms with E-state index in [-0.39, 0.29) is 23.1 Å². The Hall–Kier alpha value is -7.60. The lowest BCUT2D eigenvalue weighted by atomic mass is 9.42. The zero-order chi connectivity index (χ0) is 50.0. The number of hydrogen-bond acceptors (Lipinski definition) is 4. The fourth-order valence-corrected chi connectivity index (χ4v) is 15.3. The third kappa shape index (κ3) is 5.85. The van der Waals surface area contributed by atoms with Crippen LogP contribution in [0, 0.1) is 0 Å². The topological polar surface area (TPSA) is 19.6 Å². The minimum atomic E-state index is -0.628. The molecule has 0 radical (unpaired) electrons. The Balaban J connectivity index is 1.16. The molecule has 1 aliphatic carbocycles. The van der Waals surface area contributed by atoms with E-state index in [2.05, 4.69) is 252 Å². The Labute approximate surface area is 438 Å². The van der Waals surface area contributed by atoms with Gasteiger partial charge in [-0.2, -0.15) is 0 Å². The number of nitrogens with zero attached hydrogens (tertiary/aromatic N) is 2. The first-order chi connectivity index (χ1) is 35.8. The minimum Gasteiger partial charge on any atom is -0.455 e. The van der Waals surface area contributed by atoms with Crippen molar-refractivity contribution in [2.24, 2.45) is 0 Å². The summed E-state index contributed by atoms with van der Waals surface area (Å²) in [4.78, 5) is 5.46. The van der Waals surface area contributed by atoms with Crippen molar-refractivity contribution < 1.29 is 4.42 Å². The molecular formula is C69H57BN2OS. The van der Waals surface area contributed by atoms with Gasteiger partial charge in [-0.15, -0.1) is 11.3 Å². The maximum absolute atomic E-state index is 7.33. The maximum Gasteiger partial charge on any atom is 0.334 e. The van der Waals surface area contributed by atoms with Crippen molar-refractivity contribution in [3.05, 3.63) is 233 Å². The van der Waals surface area contributed by atoms with Gasteiger partial charge < -0.3 is 14.1 Å². The van der Waals surface area contributed by atoms with Crippen LogP contribution in [0.4, 0.5) is 27.8 Å². The predicted octanol–water partition coefficient (Wildman–Crippen LogP) is 17.5. The summed E-state index contributed by atoms with van der Waals surface area (Å²) in [5.74, 6) is 0. The second-order valence-corrected chi connectivity index (χ2v) is 24.8. The lowest BCUT2D eigenvalue weighted by Crippen LogP contribution is -2.63. The number of hydrogen-bond donors (Lipinski definition) is 0. The molecule has 11 aromatic rings. The smallest absolute Gasteiger partial charge is 0.334 e. The molecule has 0 bridgehead atoms. The molecule has 0 atom stereocenters. The van der Waals surface area contributed by atoms with Crippen molar-refractivity contribution in [1.29, 1.82) is 0 Å². The molecule has 9 aromatic carbocycles. The van der Waals surface area contributed by atoms with Gasteiger partial charge >= 0.3 is 6.85 Å². The van der Waals surface area contributed by atoms with Crippen LogP contribution in [0.3, 0.4) is 0 Å². The lowest BCUT2D eigenvalue weighted by Gasteiger charge is -2.52. The van der Waals surface area contributed by atoms with Crippen molar-refractivity contribution in [3.63, 3.8) is 0 Å². The summed E-state index contributed by atoms with van der Waals surface area (Å²) in [5.41, 5.74) is 22.9. The third-order valence-electron chi connectivity index (χ3n) is 17.7. The molecule has 5 heteroatoms. The predicted molar refractivity (Wildman–Crippen MR) is 314 cm³/mol. The molecule has 4 aliphatic rings. The summed E-state index contributed by atoms with van der Waals surface area (Å²) >= 11 is 1.98. The highest BCUT2D eigenvalue weighted by molar-refractivity contribution is 7.26. The third-order valence-corrected chi connectivity index (χ3v) is 18.9. The molecule has 0 saturated heterocycles. The summed E-state index contributed by atoms with van der Waals surface area (Å²) in [5, 5.41) is 4.88. The van der Waals surface area contributed by atoms with Crippen LogP contribution >= 0.6 is 11.3 Å². The molecule has 2 aromatic heterocycles. The summed E-state index contributed by atoms with van der Waals surface area (Å²) in [6.45, 7) is 16.7. The molecule has 358 valence electrons. The Morgan fingerprint density at radius 1 is 0.514 bits per heavy atom. The fourth-order valence-electron chi connectivity index (χ4n) is 14.0. The Bertz CT molecular complexity index is 4100. The highest BCUT2D eigenvalue weighted by Crippen LogP contribution is 2.62. The van der Waals surface area contributed by atoms with Gasteiger partial charge in [0.2, 0.25) is 0 Å². The van der Waals surface area contributed by atoms with Crippen LogP contribution in [0.1, 0.15) is 100 Å². The van der Waals surface area contributed by atoms with E-state index >= 15 is 0 Å². The van der Waals surface area contributed by atoms with Crippen molar-refractivity contribution in [1.82, 2.24) is 0 Å². The van der Waals surface area contributed by atoms with Crippen LogP contribution in [-0.2, 0) is 21.7 Å². The van der Waals surface area contributed by atoms with Gasteiger partial charge in [-0.3, -0.25) is 0 Å². The lowest BCUT2D eigenvalue weighted by molar-refractivity contribution is 0.332. The van der Waals surface area contributed by atoms with E-state index in [0.717, 1.165) is 34.8 Å². The van der Waals surface area contributed by atoms with E-state index < -0.39 is 5.41 Å². The number of fused-ring (bicyclic) bond motifs is 13. The van der Waals surface area contributed by atoms with Crippen LogP contribution in [0.5, 0.6) is 0 Å². The molecule has 0 amide bonds. The van der Waals surface area contributed by atoms with Crippen molar-refractivity contribution >= 4 is 88.9 Å². The first-order valence-corrected chi connectivity index (χ1v) is 27.4. The van der Waals surface area contributed by atoms with E-state index in [0.29, 0.717) is 0 Å². The number of thiophene rings is 1. The molecular weight excluding hydrogens is 916 g/mol. The van der Waals surface area contributed by atoms with Gasteiger partial charge in [0, 0.05) is 49.2 Å². The summed E-state index contributed by atoms with van der Waals surface area (Å²) < 4.78 is 8.67. The quantitative estimate of drug-likeness (QED) is 0.164. The van der Waals surface area contributed by atoms with E-state index in [9.17, 15) is 0 Å². The van der Waals surface area contributed by atoms with Gasteiger partial charge in [-0.25, -0.2) is 0 Å². The van der Waals surface area contributed by atoms with Gasteiger partial charge in [0.25, 0.3) is 0 Å².